The molecule has 3 unspecified atom stereocenters. The van der Waals surface area contributed by atoms with Gasteiger partial charge in [-0.25, -0.2) is 0 Å². The summed E-state index contributed by atoms with van der Waals surface area (Å²) in [5.74, 6) is -0.936. The average Bonchev–Trinajstić information content (AvgIpc) is 3.02. The predicted molar refractivity (Wildman–Crippen MR) is 120 cm³/mol. The van der Waals surface area contributed by atoms with Gasteiger partial charge in [-0.15, -0.1) is 11.8 Å². The third kappa shape index (κ3) is 3.56. The van der Waals surface area contributed by atoms with Gasteiger partial charge in [-0.05, 0) is 50.1 Å². The van der Waals surface area contributed by atoms with E-state index >= 15 is 0 Å². The third-order valence-corrected chi connectivity index (χ3v) is 7.11. The van der Waals surface area contributed by atoms with Crippen molar-refractivity contribution in [1.29, 1.82) is 0 Å². The van der Waals surface area contributed by atoms with E-state index in [2.05, 4.69) is 5.32 Å². The fraction of sp³-hybridized carbons (Fsp3) is 0.381. The topological polar surface area (TPSA) is 72.8 Å². The number of nitrogens with zero attached hydrogens (tertiary/aromatic N) is 1. The number of halogens is 2. The number of allylic oxidation sites excluding steroid dienone is 2. The third-order valence-electron chi connectivity index (χ3n) is 5.29. The first-order valence-electron chi connectivity index (χ1n) is 9.34. The summed E-state index contributed by atoms with van der Waals surface area (Å²) in [5.41, 5.74) is 0.495. The summed E-state index contributed by atoms with van der Waals surface area (Å²) < 4.78 is 0. The van der Waals surface area contributed by atoms with Crippen molar-refractivity contribution in [1.82, 2.24) is 5.32 Å². The molecule has 29 heavy (non-hydrogen) atoms. The second kappa shape index (κ2) is 8.26. The quantitative estimate of drug-likeness (QED) is 0.579. The molecule has 1 amide bonds. The van der Waals surface area contributed by atoms with Gasteiger partial charge in [0.1, 0.15) is 0 Å². The zero-order valence-corrected chi connectivity index (χ0v) is 19.0. The van der Waals surface area contributed by atoms with Gasteiger partial charge in [-0.1, -0.05) is 43.1 Å². The molecule has 3 N–H and O–H groups in total. The number of benzene rings is 1. The molecule has 2 aliphatic rings. The van der Waals surface area contributed by atoms with Gasteiger partial charge in [0.2, 0.25) is 0 Å². The molecule has 0 bridgehead atoms. The lowest BCUT2D eigenvalue weighted by molar-refractivity contribution is -0.117. The Kier molecular flexibility index (Phi) is 6.30. The van der Waals surface area contributed by atoms with Crippen molar-refractivity contribution in [3.63, 3.8) is 0 Å². The van der Waals surface area contributed by atoms with Crippen LogP contribution in [0.3, 0.4) is 0 Å². The number of carbonyl (C=O) groups is 1. The van der Waals surface area contributed by atoms with Crippen molar-refractivity contribution >= 4 is 46.6 Å². The number of rotatable bonds is 5. The van der Waals surface area contributed by atoms with Crippen LogP contribution in [0.2, 0.25) is 5.02 Å². The molecule has 156 valence electrons. The van der Waals surface area contributed by atoms with E-state index in [1.54, 1.807) is 37.3 Å². The van der Waals surface area contributed by atoms with Crippen molar-refractivity contribution in [2.75, 3.05) is 4.90 Å². The monoisotopic (exact) mass is 454 g/mol. The SMILES string of the molecule is CCC(C)SC1=C(O)C(=O)N(c2cccc(Cl)c2)C12C(C)=C(/C=C(\C)Cl)NC2O. The van der Waals surface area contributed by atoms with Crippen LogP contribution in [0.15, 0.2) is 57.3 Å². The highest BCUT2D eigenvalue weighted by Gasteiger charge is 2.62. The number of carbonyl (C=O) groups excluding carboxylic acids is 1. The molecule has 0 fully saturated rings. The van der Waals surface area contributed by atoms with E-state index in [4.69, 9.17) is 23.2 Å². The van der Waals surface area contributed by atoms with Gasteiger partial charge in [0.15, 0.2) is 17.5 Å². The Balaban J connectivity index is 2.29. The van der Waals surface area contributed by atoms with E-state index < -0.39 is 17.7 Å². The molecule has 8 heteroatoms. The molecule has 0 saturated heterocycles. The molecule has 5 nitrogen and oxygen atoms in total. The molecule has 3 atom stereocenters. The first-order valence-corrected chi connectivity index (χ1v) is 11.0. The number of hydrogen-bond acceptors (Lipinski definition) is 5. The second-order valence-electron chi connectivity index (χ2n) is 7.22. The van der Waals surface area contributed by atoms with Gasteiger partial charge < -0.3 is 15.5 Å². The maximum absolute atomic E-state index is 13.2. The lowest BCUT2D eigenvalue weighted by atomic mass is 9.89. The van der Waals surface area contributed by atoms with E-state index in [-0.39, 0.29) is 11.0 Å². The predicted octanol–water partition coefficient (Wildman–Crippen LogP) is 5.06. The minimum absolute atomic E-state index is 0.130. The van der Waals surface area contributed by atoms with Crippen LogP contribution >= 0.6 is 35.0 Å². The molecular formula is C21H24Cl2N2O3S. The Morgan fingerprint density at radius 2 is 2.17 bits per heavy atom. The van der Waals surface area contributed by atoms with Crippen LogP contribution in [0.1, 0.15) is 34.1 Å². The lowest BCUT2D eigenvalue weighted by Crippen LogP contribution is -2.58. The summed E-state index contributed by atoms with van der Waals surface area (Å²) in [5, 5.41) is 26.2. The highest BCUT2D eigenvalue weighted by Crippen LogP contribution is 2.53. The van der Waals surface area contributed by atoms with Crippen LogP contribution in [0, 0.1) is 0 Å². The van der Waals surface area contributed by atoms with Crippen molar-refractivity contribution < 1.29 is 15.0 Å². The Hall–Kier alpha value is -1.60. The van der Waals surface area contributed by atoms with Crippen molar-refractivity contribution in [3.05, 3.63) is 62.3 Å². The smallest absolute Gasteiger partial charge is 0.295 e. The molecule has 1 aromatic carbocycles. The van der Waals surface area contributed by atoms with Crippen molar-refractivity contribution in [2.45, 2.75) is 51.1 Å². The second-order valence-corrected chi connectivity index (χ2v) is 9.70. The minimum atomic E-state index is -1.29. The van der Waals surface area contributed by atoms with Crippen molar-refractivity contribution in [2.24, 2.45) is 0 Å². The number of hydrogen-bond donors (Lipinski definition) is 3. The fourth-order valence-corrected chi connectivity index (χ4v) is 5.31. The van der Waals surface area contributed by atoms with Crippen LogP contribution in [0.5, 0.6) is 0 Å². The van der Waals surface area contributed by atoms with Gasteiger partial charge in [0.05, 0.1) is 4.91 Å². The fourth-order valence-electron chi connectivity index (χ4n) is 3.72. The summed E-state index contributed by atoms with van der Waals surface area (Å²) in [7, 11) is 0. The van der Waals surface area contributed by atoms with Gasteiger partial charge >= 0.3 is 0 Å². The zero-order chi connectivity index (χ0) is 21.5. The molecule has 0 aliphatic carbocycles. The highest BCUT2D eigenvalue weighted by molar-refractivity contribution is 8.03. The minimum Gasteiger partial charge on any atom is -0.502 e. The maximum Gasteiger partial charge on any atom is 0.295 e. The molecule has 1 spiro atoms. The number of aliphatic hydroxyl groups is 2. The van der Waals surface area contributed by atoms with Gasteiger partial charge in [0.25, 0.3) is 5.91 Å². The number of amides is 1. The molecule has 2 aliphatic heterocycles. The standard InChI is InChI=1S/C21H24Cl2N2O3S/c1-5-12(3)29-18-17(26)19(27)25(15-8-6-7-14(23)10-15)21(18)13(4)16(9-11(2)22)24-20(21)28/h6-10,12,20,24,26,28H,5H2,1-4H3/b11-9+. The molecule has 3 rings (SSSR count). The van der Waals surface area contributed by atoms with Crippen molar-refractivity contribution in [3.8, 4) is 0 Å². The Bertz CT molecular complexity index is 940. The van der Waals surface area contributed by atoms with Crippen LogP contribution in [0.25, 0.3) is 0 Å². The molecule has 0 radical (unpaired) electrons. The average molecular weight is 455 g/mol. The molecule has 0 aromatic heterocycles. The first kappa shape index (κ1) is 22.1. The molecular weight excluding hydrogens is 431 g/mol. The molecule has 0 saturated carbocycles. The molecule has 1 aromatic rings. The number of aliphatic hydroxyl groups excluding tert-OH is 2. The summed E-state index contributed by atoms with van der Waals surface area (Å²) in [6.07, 6.45) is 1.36. The van der Waals surface area contributed by atoms with E-state index in [1.807, 2.05) is 20.8 Å². The number of anilines is 1. The normalized spacial score (nSPS) is 26.0. The Labute approximate surface area is 185 Å². The maximum atomic E-state index is 13.2. The first-order chi connectivity index (χ1) is 13.6. The largest absolute Gasteiger partial charge is 0.502 e. The Morgan fingerprint density at radius 3 is 2.76 bits per heavy atom. The summed E-state index contributed by atoms with van der Waals surface area (Å²) in [6.45, 7) is 7.61. The van der Waals surface area contributed by atoms with E-state index in [9.17, 15) is 15.0 Å². The van der Waals surface area contributed by atoms with Gasteiger partial charge in [-0.2, -0.15) is 0 Å². The summed E-state index contributed by atoms with van der Waals surface area (Å²) in [6, 6.07) is 6.81. The van der Waals surface area contributed by atoms with E-state index in [0.717, 1.165) is 6.42 Å². The van der Waals surface area contributed by atoms with Crippen LogP contribution < -0.4 is 10.2 Å². The lowest BCUT2D eigenvalue weighted by Gasteiger charge is -2.40. The zero-order valence-electron chi connectivity index (χ0n) is 16.7. The van der Waals surface area contributed by atoms with Gasteiger partial charge in [0, 0.05) is 26.7 Å². The van der Waals surface area contributed by atoms with Crippen LogP contribution in [0.4, 0.5) is 5.69 Å². The molecule has 2 heterocycles. The van der Waals surface area contributed by atoms with E-state index in [1.165, 1.54) is 16.7 Å². The van der Waals surface area contributed by atoms with Crippen LogP contribution in [-0.2, 0) is 4.79 Å². The number of nitrogens with one attached hydrogen (secondary N) is 1. The number of thioether (sulfide) groups is 1. The van der Waals surface area contributed by atoms with Gasteiger partial charge in [-0.3, -0.25) is 9.69 Å². The highest BCUT2D eigenvalue weighted by atomic mass is 35.5. The summed E-state index contributed by atoms with van der Waals surface area (Å²) in [4.78, 5) is 15.1. The summed E-state index contributed by atoms with van der Waals surface area (Å²) >= 11 is 13.7. The van der Waals surface area contributed by atoms with Crippen LogP contribution in [-0.4, -0.2) is 33.1 Å². The Morgan fingerprint density at radius 1 is 1.48 bits per heavy atom. The van der Waals surface area contributed by atoms with E-state index in [0.29, 0.717) is 31.9 Å².